The predicted octanol–water partition coefficient (Wildman–Crippen LogP) is 1.18. The monoisotopic (exact) mass is 318 g/mol. The fraction of sp³-hybridized carbons (Fsp3) is 0.733. The van der Waals surface area contributed by atoms with E-state index < -0.39 is 5.69 Å². The lowest BCUT2D eigenvalue weighted by Gasteiger charge is -2.14. The summed E-state index contributed by atoms with van der Waals surface area (Å²) in [5.74, 6) is 0. The van der Waals surface area contributed by atoms with E-state index in [0.717, 1.165) is 7.11 Å². The molecule has 2 rings (SSSR count). The van der Waals surface area contributed by atoms with Crippen molar-refractivity contribution in [2.75, 3.05) is 13.7 Å². The summed E-state index contributed by atoms with van der Waals surface area (Å²) in [7, 11) is 1.00. The predicted molar refractivity (Wildman–Crippen MR) is 87.1 cm³/mol. The van der Waals surface area contributed by atoms with Crippen LogP contribution in [-0.4, -0.2) is 39.6 Å². The second-order valence-corrected chi connectivity index (χ2v) is 3.95. The molecule has 1 aromatic heterocycles. The minimum atomic E-state index is -0.473. The topological polar surface area (TPSA) is 105 Å². The first kappa shape index (κ1) is 22.8. The molecule has 1 aliphatic heterocycles. The maximum absolute atomic E-state index is 11.5. The second-order valence-electron chi connectivity index (χ2n) is 3.95. The van der Waals surface area contributed by atoms with Crippen LogP contribution in [-0.2, 0) is 4.74 Å². The molecule has 1 aromatic rings. The normalized spacial score (nSPS) is 18.9. The fourth-order valence-corrected chi connectivity index (χ4v) is 1.83. The van der Waals surface area contributed by atoms with E-state index in [0.29, 0.717) is 18.4 Å². The van der Waals surface area contributed by atoms with Gasteiger partial charge < -0.3 is 14.9 Å². The van der Waals surface area contributed by atoms with Crippen LogP contribution in [0.4, 0.5) is 0 Å². The Labute approximate surface area is 131 Å². The highest BCUT2D eigenvalue weighted by Crippen LogP contribution is 2.26. The number of nitrogens with zero attached hydrogens (tertiary/aromatic N) is 1. The van der Waals surface area contributed by atoms with Crippen LogP contribution in [0.5, 0.6) is 0 Å². The number of aryl methyl sites for hydroxylation is 1. The van der Waals surface area contributed by atoms with Crippen molar-refractivity contribution in [2.45, 2.75) is 59.8 Å². The molecule has 130 valence electrons. The summed E-state index contributed by atoms with van der Waals surface area (Å²) in [6.45, 7) is 9.58. The molecule has 0 aliphatic carbocycles. The first-order chi connectivity index (χ1) is 10.6. The number of ether oxygens (including phenoxy) is 1. The van der Waals surface area contributed by atoms with Gasteiger partial charge in [-0.15, -0.1) is 0 Å². The highest BCUT2D eigenvalue weighted by molar-refractivity contribution is 5.01. The van der Waals surface area contributed by atoms with Gasteiger partial charge in [0.1, 0.15) is 6.23 Å². The Morgan fingerprint density at radius 1 is 1.23 bits per heavy atom. The molecule has 0 bridgehead atoms. The molecule has 1 saturated heterocycles. The molecule has 2 heterocycles. The van der Waals surface area contributed by atoms with E-state index in [4.69, 9.17) is 14.9 Å². The summed E-state index contributed by atoms with van der Waals surface area (Å²) < 4.78 is 6.83. The van der Waals surface area contributed by atoms with Crippen molar-refractivity contribution in [2.24, 2.45) is 0 Å². The molecule has 3 N–H and O–H groups in total. The molecule has 22 heavy (non-hydrogen) atoms. The minimum Gasteiger partial charge on any atom is -0.400 e. The third kappa shape index (κ3) is 6.55. The molecule has 0 radical (unpaired) electrons. The Bertz CT molecular complexity index is 495. The number of hydrogen-bond donors (Lipinski definition) is 3. The van der Waals surface area contributed by atoms with E-state index in [2.05, 4.69) is 4.98 Å². The van der Waals surface area contributed by atoms with Crippen LogP contribution in [0.15, 0.2) is 15.8 Å². The summed E-state index contributed by atoms with van der Waals surface area (Å²) >= 11 is 0. The SMILES string of the molecule is CC.CC.CO.Cc1cn([C@H]2CC[C@@H](CO)O2)c(=O)[nH]c1=O. The minimum absolute atomic E-state index is 0.0480. The van der Waals surface area contributed by atoms with Gasteiger partial charge in [0.05, 0.1) is 12.7 Å². The standard InChI is InChI=1S/C10H14N2O4.2C2H6.CH4O/c1-6-4-12(10(15)11-9(6)14)8-3-2-7(5-13)16-8;3*1-2/h4,7-8,13H,2-3,5H2,1H3,(H,11,14,15);2*1-2H3;2H,1H3/t7-,8+;;;/m0.../s1. The highest BCUT2D eigenvalue weighted by Gasteiger charge is 2.26. The van der Waals surface area contributed by atoms with Crippen molar-refractivity contribution in [3.8, 4) is 0 Å². The van der Waals surface area contributed by atoms with E-state index in [-0.39, 0.29) is 24.5 Å². The van der Waals surface area contributed by atoms with Crippen LogP contribution in [0, 0.1) is 6.92 Å². The fourth-order valence-electron chi connectivity index (χ4n) is 1.83. The molecular weight excluding hydrogens is 288 g/mol. The van der Waals surface area contributed by atoms with Gasteiger partial charge in [0.15, 0.2) is 0 Å². The summed E-state index contributed by atoms with van der Waals surface area (Å²) in [4.78, 5) is 24.9. The van der Waals surface area contributed by atoms with Crippen LogP contribution >= 0.6 is 0 Å². The van der Waals surface area contributed by atoms with Gasteiger partial charge in [0.25, 0.3) is 5.56 Å². The van der Waals surface area contributed by atoms with Crippen LogP contribution in [0.3, 0.4) is 0 Å². The maximum Gasteiger partial charge on any atom is 0.330 e. The Balaban J connectivity index is 0. The van der Waals surface area contributed by atoms with Gasteiger partial charge >= 0.3 is 5.69 Å². The lowest BCUT2D eigenvalue weighted by Crippen LogP contribution is -2.33. The molecule has 7 nitrogen and oxygen atoms in total. The number of nitrogens with one attached hydrogen (secondary N) is 1. The average molecular weight is 318 g/mol. The van der Waals surface area contributed by atoms with E-state index in [1.54, 1.807) is 6.92 Å². The van der Waals surface area contributed by atoms with E-state index in [1.807, 2.05) is 27.7 Å². The lowest BCUT2D eigenvalue weighted by atomic mass is 10.2. The number of aromatic nitrogens is 2. The molecule has 7 heteroatoms. The van der Waals surface area contributed by atoms with Crippen molar-refractivity contribution in [1.82, 2.24) is 9.55 Å². The van der Waals surface area contributed by atoms with Gasteiger partial charge in [-0.05, 0) is 19.8 Å². The molecule has 0 aromatic carbocycles. The Morgan fingerprint density at radius 3 is 2.23 bits per heavy atom. The van der Waals surface area contributed by atoms with Crippen molar-refractivity contribution < 1.29 is 14.9 Å². The molecule has 0 unspecified atom stereocenters. The Kier molecular flexibility index (Phi) is 13.7. The quantitative estimate of drug-likeness (QED) is 0.759. The summed E-state index contributed by atoms with van der Waals surface area (Å²) in [6, 6.07) is 0. The smallest absolute Gasteiger partial charge is 0.330 e. The van der Waals surface area contributed by atoms with Crippen LogP contribution in [0.25, 0.3) is 0 Å². The zero-order valence-electron chi connectivity index (χ0n) is 14.4. The number of aliphatic hydroxyl groups excluding tert-OH is 2. The number of aromatic amines is 1. The maximum atomic E-state index is 11.5. The van der Waals surface area contributed by atoms with Crippen LogP contribution < -0.4 is 11.2 Å². The van der Waals surface area contributed by atoms with Crippen molar-refractivity contribution in [3.63, 3.8) is 0 Å². The second kappa shape index (κ2) is 13.2. The zero-order valence-corrected chi connectivity index (χ0v) is 14.4. The Morgan fingerprint density at radius 2 is 1.77 bits per heavy atom. The molecule has 1 aliphatic rings. The molecule has 0 saturated carbocycles. The lowest BCUT2D eigenvalue weighted by molar-refractivity contribution is -0.0247. The van der Waals surface area contributed by atoms with Gasteiger partial charge in [-0.25, -0.2) is 4.79 Å². The van der Waals surface area contributed by atoms with Gasteiger partial charge in [-0.3, -0.25) is 14.3 Å². The largest absolute Gasteiger partial charge is 0.400 e. The van der Waals surface area contributed by atoms with E-state index >= 15 is 0 Å². The van der Waals surface area contributed by atoms with Gasteiger partial charge in [-0.1, -0.05) is 27.7 Å². The Hall–Kier alpha value is -1.44. The van der Waals surface area contributed by atoms with E-state index in [1.165, 1.54) is 10.8 Å². The third-order valence-corrected chi connectivity index (χ3v) is 2.74. The molecule has 0 amide bonds. The van der Waals surface area contributed by atoms with Gasteiger partial charge in [0.2, 0.25) is 0 Å². The van der Waals surface area contributed by atoms with Crippen LogP contribution in [0.1, 0.15) is 52.3 Å². The van der Waals surface area contributed by atoms with Gasteiger partial charge in [-0.2, -0.15) is 0 Å². The molecular formula is C15H30N2O5. The zero-order chi connectivity index (χ0) is 17.7. The average Bonchev–Trinajstić information content (AvgIpc) is 3.05. The molecule has 0 spiro atoms. The first-order valence-corrected chi connectivity index (χ1v) is 7.65. The van der Waals surface area contributed by atoms with Crippen molar-refractivity contribution in [3.05, 3.63) is 32.6 Å². The number of aliphatic hydroxyl groups is 2. The summed E-state index contributed by atoms with van der Waals surface area (Å²) in [5.41, 5.74) is -0.382. The highest BCUT2D eigenvalue weighted by atomic mass is 16.5. The van der Waals surface area contributed by atoms with E-state index in [9.17, 15) is 9.59 Å². The van der Waals surface area contributed by atoms with Crippen molar-refractivity contribution >= 4 is 0 Å². The number of H-pyrrole nitrogens is 1. The van der Waals surface area contributed by atoms with Gasteiger partial charge in [0, 0.05) is 18.9 Å². The third-order valence-electron chi connectivity index (χ3n) is 2.74. The number of rotatable bonds is 2. The van der Waals surface area contributed by atoms with Crippen LogP contribution in [0.2, 0.25) is 0 Å². The molecule has 1 fully saturated rings. The summed E-state index contributed by atoms with van der Waals surface area (Å²) in [6.07, 6.45) is 2.26. The van der Waals surface area contributed by atoms with Crippen molar-refractivity contribution in [1.29, 1.82) is 0 Å². The summed E-state index contributed by atoms with van der Waals surface area (Å²) in [5, 5.41) is 15.9. The first-order valence-electron chi connectivity index (χ1n) is 7.65. The number of hydrogen-bond acceptors (Lipinski definition) is 5. The molecule has 2 atom stereocenters.